The molecule has 0 fully saturated rings. The molecule has 0 bridgehead atoms. The van der Waals surface area contributed by atoms with Crippen molar-refractivity contribution in [3.05, 3.63) is 86.0 Å². The van der Waals surface area contributed by atoms with Gasteiger partial charge in [-0.2, -0.15) is 0 Å². The molecule has 3 rings (SSSR count). The van der Waals surface area contributed by atoms with Crippen LogP contribution in [0.2, 0.25) is 5.02 Å². The summed E-state index contributed by atoms with van der Waals surface area (Å²) >= 11 is 5.83. The maximum atomic E-state index is 12.7. The van der Waals surface area contributed by atoms with E-state index in [0.717, 1.165) is 5.56 Å². The summed E-state index contributed by atoms with van der Waals surface area (Å²) < 4.78 is 26.6. The smallest absolute Gasteiger partial charge is 0.330 e. The van der Waals surface area contributed by atoms with Crippen LogP contribution in [0.3, 0.4) is 0 Å². The highest BCUT2D eigenvalue weighted by Crippen LogP contribution is 2.19. The van der Waals surface area contributed by atoms with Crippen LogP contribution in [0, 0.1) is 0 Å². The fourth-order valence-corrected chi connectivity index (χ4v) is 4.60. The largest absolute Gasteiger partial charge is 0.383 e. The molecule has 1 heterocycles. The minimum absolute atomic E-state index is 0.0108. The second-order valence-corrected chi connectivity index (χ2v) is 9.46. The highest BCUT2D eigenvalue weighted by Gasteiger charge is 2.21. The molecule has 0 aliphatic carbocycles. The number of sulfone groups is 1. The number of nitrogens with zero attached hydrogens (tertiary/aromatic N) is 2. The number of H-pyrrole nitrogens is 1. The van der Waals surface area contributed by atoms with Gasteiger partial charge in [-0.1, -0.05) is 41.9 Å². The monoisotopic (exact) mass is 462 g/mol. The van der Waals surface area contributed by atoms with Crippen LogP contribution in [0.5, 0.6) is 0 Å². The fourth-order valence-electron chi connectivity index (χ4n) is 3.22. The zero-order chi connectivity index (χ0) is 22.6. The maximum absolute atomic E-state index is 12.7. The predicted molar refractivity (Wildman–Crippen MR) is 123 cm³/mol. The lowest BCUT2D eigenvalue weighted by Crippen LogP contribution is -2.40. The minimum Gasteiger partial charge on any atom is -0.383 e. The molecule has 2 aromatic carbocycles. The van der Waals surface area contributed by atoms with Crippen molar-refractivity contribution in [2.45, 2.75) is 18.4 Å². The summed E-state index contributed by atoms with van der Waals surface area (Å²) in [6.07, 6.45) is 0. The Morgan fingerprint density at radius 1 is 1.06 bits per heavy atom. The van der Waals surface area contributed by atoms with Crippen LogP contribution in [0.1, 0.15) is 12.5 Å². The van der Waals surface area contributed by atoms with E-state index in [2.05, 4.69) is 4.98 Å². The molecule has 0 saturated carbocycles. The normalized spacial score (nSPS) is 11.4. The number of nitrogens with two attached hydrogens (primary N) is 1. The summed E-state index contributed by atoms with van der Waals surface area (Å²) in [6, 6.07) is 15.1. The first-order valence-corrected chi connectivity index (χ1v) is 11.7. The van der Waals surface area contributed by atoms with Crippen molar-refractivity contribution in [2.24, 2.45) is 0 Å². The van der Waals surface area contributed by atoms with E-state index in [1.165, 1.54) is 28.8 Å². The van der Waals surface area contributed by atoms with Gasteiger partial charge in [0.25, 0.3) is 5.56 Å². The zero-order valence-corrected chi connectivity index (χ0v) is 18.5. The lowest BCUT2D eigenvalue weighted by molar-refractivity contribution is 0.594. The molecule has 0 radical (unpaired) electrons. The Hall–Kier alpha value is -3.04. The van der Waals surface area contributed by atoms with Gasteiger partial charge in [0.15, 0.2) is 9.84 Å². The quantitative estimate of drug-likeness (QED) is 0.529. The van der Waals surface area contributed by atoms with Crippen molar-refractivity contribution in [1.82, 2.24) is 9.55 Å². The van der Waals surface area contributed by atoms with Gasteiger partial charge in [0.2, 0.25) is 0 Å². The van der Waals surface area contributed by atoms with E-state index in [9.17, 15) is 18.0 Å². The Morgan fingerprint density at radius 2 is 1.71 bits per heavy atom. The molecule has 0 aliphatic heterocycles. The van der Waals surface area contributed by atoms with Crippen molar-refractivity contribution in [3.8, 4) is 0 Å². The van der Waals surface area contributed by atoms with Crippen molar-refractivity contribution < 1.29 is 8.42 Å². The summed E-state index contributed by atoms with van der Waals surface area (Å²) in [5.74, 6) is -0.248. The van der Waals surface area contributed by atoms with Gasteiger partial charge in [0, 0.05) is 18.1 Å². The van der Waals surface area contributed by atoms with Gasteiger partial charge in [-0.25, -0.2) is 13.2 Å². The zero-order valence-electron chi connectivity index (χ0n) is 16.9. The standard InChI is InChI=1S/C21H23ClN4O4S/c1-2-25(12-13-31(29,30)17-10-8-16(22)9-11-17)18-19(23)26(21(28)24-20(18)27)14-15-6-4-3-5-7-15/h3-11H,2,12-14,23H2,1H3,(H,24,27,28). The molecular weight excluding hydrogens is 440 g/mol. The number of nitrogen functional groups attached to an aromatic ring is 1. The fraction of sp³-hybridized carbons (Fsp3) is 0.238. The summed E-state index contributed by atoms with van der Waals surface area (Å²) in [5, 5.41) is 0.439. The number of aromatic amines is 1. The van der Waals surface area contributed by atoms with Crippen LogP contribution in [0.15, 0.2) is 69.1 Å². The molecule has 164 valence electrons. The lowest BCUT2D eigenvalue weighted by Gasteiger charge is -2.24. The van der Waals surface area contributed by atoms with E-state index in [4.69, 9.17) is 17.3 Å². The van der Waals surface area contributed by atoms with E-state index < -0.39 is 21.1 Å². The second kappa shape index (κ2) is 9.40. The molecule has 0 amide bonds. The third-order valence-electron chi connectivity index (χ3n) is 4.90. The first-order valence-electron chi connectivity index (χ1n) is 9.62. The van der Waals surface area contributed by atoms with Crippen LogP contribution >= 0.6 is 11.6 Å². The SMILES string of the molecule is CCN(CCS(=O)(=O)c1ccc(Cl)cc1)c1c(N)n(Cc2ccccc2)c(=O)[nH]c1=O. The topological polar surface area (TPSA) is 118 Å². The Bertz CT molecular complexity index is 1270. The van der Waals surface area contributed by atoms with Crippen LogP contribution in [-0.4, -0.2) is 36.8 Å². The Morgan fingerprint density at radius 3 is 2.32 bits per heavy atom. The highest BCUT2D eigenvalue weighted by atomic mass is 35.5. The van der Waals surface area contributed by atoms with Crippen LogP contribution < -0.4 is 21.9 Å². The minimum atomic E-state index is -3.60. The first kappa shape index (κ1) is 22.6. The van der Waals surface area contributed by atoms with Crippen molar-refractivity contribution >= 4 is 32.9 Å². The number of rotatable bonds is 8. The molecule has 0 unspecified atom stereocenters. The van der Waals surface area contributed by atoms with Gasteiger partial charge in [-0.3, -0.25) is 14.3 Å². The predicted octanol–water partition coefficient (Wildman–Crippen LogP) is 2.12. The van der Waals surface area contributed by atoms with E-state index in [1.54, 1.807) is 11.8 Å². The average Bonchev–Trinajstić information content (AvgIpc) is 2.74. The Kier molecular flexibility index (Phi) is 6.87. The molecular formula is C21H23ClN4O4S. The Labute approximate surface area is 184 Å². The number of anilines is 2. The Balaban J connectivity index is 1.90. The van der Waals surface area contributed by atoms with Crippen LogP contribution in [0.25, 0.3) is 0 Å². The molecule has 1 aromatic heterocycles. The van der Waals surface area contributed by atoms with E-state index in [1.807, 2.05) is 30.3 Å². The molecule has 10 heteroatoms. The van der Waals surface area contributed by atoms with Crippen LogP contribution in [-0.2, 0) is 16.4 Å². The van der Waals surface area contributed by atoms with Gasteiger partial charge in [0.05, 0.1) is 17.2 Å². The summed E-state index contributed by atoms with van der Waals surface area (Å²) in [7, 11) is -3.60. The summed E-state index contributed by atoms with van der Waals surface area (Å²) in [6.45, 7) is 2.31. The average molecular weight is 463 g/mol. The lowest BCUT2D eigenvalue weighted by atomic mass is 10.2. The third kappa shape index (κ3) is 5.18. The number of aromatic nitrogens is 2. The number of nitrogens with one attached hydrogen (secondary N) is 1. The molecule has 8 nitrogen and oxygen atoms in total. The molecule has 0 aliphatic rings. The number of benzene rings is 2. The maximum Gasteiger partial charge on any atom is 0.330 e. The van der Waals surface area contributed by atoms with Crippen LogP contribution in [0.4, 0.5) is 11.5 Å². The summed E-state index contributed by atoms with van der Waals surface area (Å²) in [4.78, 5) is 28.9. The van der Waals surface area contributed by atoms with E-state index >= 15 is 0 Å². The number of hydrogen-bond acceptors (Lipinski definition) is 6. The van der Waals surface area contributed by atoms with Crippen molar-refractivity contribution in [3.63, 3.8) is 0 Å². The molecule has 31 heavy (non-hydrogen) atoms. The molecule has 3 N–H and O–H groups in total. The van der Waals surface area contributed by atoms with Crippen molar-refractivity contribution in [1.29, 1.82) is 0 Å². The van der Waals surface area contributed by atoms with Gasteiger partial charge < -0.3 is 10.6 Å². The molecule has 3 aromatic rings. The third-order valence-corrected chi connectivity index (χ3v) is 6.86. The van der Waals surface area contributed by atoms with Gasteiger partial charge >= 0.3 is 5.69 Å². The van der Waals surface area contributed by atoms with E-state index in [0.29, 0.717) is 11.6 Å². The first-order chi connectivity index (χ1) is 14.7. The highest BCUT2D eigenvalue weighted by molar-refractivity contribution is 7.91. The molecule has 0 saturated heterocycles. The summed E-state index contributed by atoms with van der Waals surface area (Å²) in [5.41, 5.74) is 5.84. The van der Waals surface area contributed by atoms with Gasteiger partial charge in [-0.15, -0.1) is 0 Å². The van der Waals surface area contributed by atoms with Crippen molar-refractivity contribution in [2.75, 3.05) is 29.5 Å². The number of halogens is 1. The molecule has 0 atom stereocenters. The second-order valence-electron chi connectivity index (χ2n) is 6.92. The van der Waals surface area contributed by atoms with Gasteiger partial charge in [-0.05, 0) is 36.8 Å². The van der Waals surface area contributed by atoms with Gasteiger partial charge in [0.1, 0.15) is 11.5 Å². The number of hydrogen-bond donors (Lipinski definition) is 2. The van der Waals surface area contributed by atoms with E-state index in [-0.39, 0.29) is 35.2 Å². The molecule has 0 spiro atoms.